The molecule has 0 amide bonds. The van der Waals surface area contributed by atoms with Crippen molar-refractivity contribution in [2.24, 2.45) is 0 Å². The second-order valence-corrected chi connectivity index (χ2v) is 7.37. The van der Waals surface area contributed by atoms with Crippen molar-refractivity contribution in [3.63, 3.8) is 0 Å². The molecule has 0 fully saturated rings. The molecule has 1 N–H and O–H groups in total. The number of nitrogens with zero attached hydrogens (tertiary/aromatic N) is 2. The highest BCUT2D eigenvalue weighted by atomic mass is 16.6. The van der Waals surface area contributed by atoms with Gasteiger partial charge in [0, 0.05) is 0 Å². The highest BCUT2D eigenvalue weighted by Crippen LogP contribution is 2.11. The van der Waals surface area contributed by atoms with Gasteiger partial charge in [-0.3, -0.25) is 0 Å². The smallest absolute Gasteiger partial charge is 0.348 e. The Kier molecular flexibility index (Phi) is 18.7. The standard InChI is InChI=1S/C25H38N2O4/c1-4-6-8-10-12-14-19-30-24(28)22(21-26)17-16-18-23(27-3)25(29)31-20-15-13-11-9-7-5-2/h16-18,29H,4-15,19-20H2,1-2H3/b18-16?,22-17?,25-23+. The molecule has 6 heteroatoms. The average molecular weight is 431 g/mol. The Hall–Kier alpha value is -2.73. The first-order valence-corrected chi connectivity index (χ1v) is 11.5. The van der Waals surface area contributed by atoms with Crippen LogP contribution in [0.3, 0.4) is 0 Å². The highest BCUT2D eigenvalue weighted by molar-refractivity contribution is 5.93. The summed E-state index contributed by atoms with van der Waals surface area (Å²) < 4.78 is 10.3. The van der Waals surface area contributed by atoms with E-state index in [4.69, 9.17) is 21.3 Å². The molecular formula is C25H38N2O4. The van der Waals surface area contributed by atoms with E-state index in [2.05, 4.69) is 18.7 Å². The summed E-state index contributed by atoms with van der Waals surface area (Å²) >= 11 is 0. The summed E-state index contributed by atoms with van der Waals surface area (Å²) in [5.74, 6) is -1.13. The van der Waals surface area contributed by atoms with Crippen molar-refractivity contribution in [3.05, 3.63) is 46.9 Å². The molecule has 0 atom stereocenters. The first kappa shape index (κ1) is 28.3. The first-order chi connectivity index (χ1) is 15.1. The summed E-state index contributed by atoms with van der Waals surface area (Å²) in [7, 11) is 0. The van der Waals surface area contributed by atoms with Gasteiger partial charge in [-0.25, -0.2) is 9.64 Å². The number of esters is 1. The van der Waals surface area contributed by atoms with E-state index in [0.717, 1.165) is 38.5 Å². The van der Waals surface area contributed by atoms with E-state index in [-0.39, 0.29) is 17.9 Å². The maximum atomic E-state index is 12.0. The third-order valence-corrected chi connectivity index (χ3v) is 4.66. The van der Waals surface area contributed by atoms with Crippen LogP contribution in [-0.2, 0) is 14.3 Å². The largest absolute Gasteiger partial charge is 0.489 e. The van der Waals surface area contributed by atoms with Crippen LogP contribution in [0.4, 0.5) is 0 Å². The molecule has 0 aliphatic carbocycles. The number of carbonyl (C=O) groups is 1. The number of hydrogen-bond acceptors (Lipinski definition) is 5. The molecule has 0 aromatic rings. The van der Waals surface area contributed by atoms with Crippen molar-refractivity contribution in [1.82, 2.24) is 0 Å². The van der Waals surface area contributed by atoms with Crippen LogP contribution in [0.1, 0.15) is 90.9 Å². The zero-order chi connectivity index (χ0) is 23.2. The minimum atomic E-state index is -0.683. The SMILES string of the molecule is [C-]#[N+]/C(C=CC=C(C#N)C(=O)OCCCCCCCC)=C(\O)OCCCCCCCC. The van der Waals surface area contributed by atoms with Gasteiger partial charge in [0.15, 0.2) is 0 Å². The van der Waals surface area contributed by atoms with Crippen molar-refractivity contribution >= 4 is 5.97 Å². The molecule has 0 bridgehead atoms. The molecule has 0 saturated carbocycles. The minimum absolute atomic E-state index is 0.0834. The minimum Gasteiger partial charge on any atom is -0.489 e. The molecule has 0 rings (SSSR count). The van der Waals surface area contributed by atoms with Gasteiger partial charge in [-0.05, 0) is 25.0 Å². The van der Waals surface area contributed by atoms with Crippen molar-refractivity contribution in [3.8, 4) is 6.07 Å². The molecule has 0 spiro atoms. The number of unbranched alkanes of at least 4 members (excludes halogenated alkanes) is 10. The molecule has 0 saturated heterocycles. The van der Waals surface area contributed by atoms with Crippen molar-refractivity contribution in [2.75, 3.05) is 13.2 Å². The molecule has 0 radical (unpaired) electrons. The average Bonchev–Trinajstić information content (AvgIpc) is 2.77. The number of ether oxygens (including phenoxy) is 2. The number of aliphatic hydroxyl groups is 1. The Morgan fingerprint density at radius 2 is 1.45 bits per heavy atom. The fourth-order valence-electron chi connectivity index (χ4n) is 2.79. The second kappa shape index (κ2) is 20.5. The molecule has 0 aromatic carbocycles. The molecule has 0 aliphatic rings. The molecule has 6 nitrogen and oxygen atoms in total. The Bertz CT molecular complexity index is 666. The Morgan fingerprint density at radius 3 is 1.97 bits per heavy atom. The van der Waals surface area contributed by atoms with Crippen LogP contribution >= 0.6 is 0 Å². The fraction of sp³-hybridized carbons (Fsp3) is 0.640. The molecular weight excluding hydrogens is 392 g/mol. The Balaban J connectivity index is 4.43. The van der Waals surface area contributed by atoms with Gasteiger partial charge in [0.1, 0.15) is 11.6 Å². The van der Waals surface area contributed by atoms with Crippen molar-refractivity contribution in [1.29, 1.82) is 5.26 Å². The van der Waals surface area contributed by atoms with Crippen LogP contribution in [-0.4, -0.2) is 24.3 Å². The number of carbonyl (C=O) groups excluding carboxylic acids is 1. The summed E-state index contributed by atoms with van der Waals surface area (Å²) in [5, 5.41) is 19.1. The van der Waals surface area contributed by atoms with Gasteiger partial charge in [-0.15, -0.1) is 0 Å². The van der Waals surface area contributed by atoms with Gasteiger partial charge in [0.25, 0.3) is 11.6 Å². The summed E-state index contributed by atoms with van der Waals surface area (Å²) in [6, 6.07) is 1.80. The maximum absolute atomic E-state index is 12.0. The Morgan fingerprint density at radius 1 is 0.935 bits per heavy atom. The maximum Gasteiger partial charge on any atom is 0.348 e. The lowest BCUT2D eigenvalue weighted by molar-refractivity contribution is -0.138. The third-order valence-electron chi connectivity index (χ3n) is 4.66. The van der Waals surface area contributed by atoms with E-state index >= 15 is 0 Å². The van der Waals surface area contributed by atoms with Gasteiger partial charge in [-0.2, -0.15) is 5.26 Å². The molecule has 31 heavy (non-hydrogen) atoms. The van der Waals surface area contributed by atoms with Crippen molar-refractivity contribution < 1.29 is 19.4 Å². The number of allylic oxidation sites excluding steroid dienone is 3. The number of aliphatic hydroxyl groups excluding tert-OH is 1. The third kappa shape index (κ3) is 15.7. The van der Waals surface area contributed by atoms with Crippen LogP contribution in [0.2, 0.25) is 0 Å². The molecule has 0 aliphatic heterocycles. The van der Waals surface area contributed by atoms with Gasteiger partial charge < -0.3 is 14.6 Å². The zero-order valence-corrected chi connectivity index (χ0v) is 19.2. The lowest BCUT2D eigenvalue weighted by Gasteiger charge is -2.05. The predicted octanol–water partition coefficient (Wildman–Crippen LogP) is 6.92. The number of hydrogen-bond donors (Lipinski definition) is 1. The summed E-state index contributed by atoms with van der Waals surface area (Å²) in [5.41, 5.74) is -0.237. The van der Waals surface area contributed by atoms with E-state index in [1.165, 1.54) is 56.8 Å². The Labute approximate surface area is 188 Å². The van der Waals surface area contributed by atoms with Gasteiger partial charge >= 0.3 is 5.97 Å². The van der Waals surface area contributed by atoms with Gasteiger partial charge in [0.05, 0.1) is 19.8 Å². The van der Waals surface area contributed by atoms with E-state index in [1.807, 2.05) is 0 Å². The van der Waals surface area contributed by atoms with Gasteiger partial charge in [0.2, 0.25) is 0 Å². The lowest BCUT2D eigenvalue weighted by atomic mass is 10.1. The molecule has 0 heterocycles. The van der Waals surface area contributed by atoms with E-state index in [1.54, 1.807) is 6.07 Å². The van der Waals surface area contributed by atoms with E-state index in [0.29, 0.717) is 6.61 Å². The topological polar surface area (TPSA) is 83.9 Å². The molecule has 0 unspecified atom stereocenters. The van der Waals surface area contributed by atoms with E-state index < -0.39 is 11.9 Å². The highest BCUT2D eigenvalue weighted by Gasteiger charge is 2.09. The van der Waals surface area contributed by atoms with Crippen LogP contribution in [0.15, 0.2) is 35.4 Å². The summed E-state index contributed by atoms with van der Waals surface area (Å²) in [4.78, 5) is 15.2. The number of nitriles is 1. The van der Waals surface area contributed by atoms with Crippen LogP contribution < -0.4 is 0 Å². The fourth-order valence-corrected chi connectivity index (χ4v) is 2.79. The summed E-state index contributed by atoms with van der Waals surface area (Å²) in [6.45, 7) is 12.1. The molecule has 172 valence electrons. The number of rotatable bonds is 18. The van der Waals surface area contributed by atoms with Gasteiger partial charge in [-0.1, -0.05) is 84.1 Å². The predicted molar refractivity (Wildman–Crippen MR) is 123 cm³/mol. The normalized spacial score (nSPS) is 12.2. The monoisotopic (exact) mass is 430 g/mol. The van der Waals surface area contributed by atoms with Crippen LogP contribution in [0.5, 0.6) is 0 Å². The lowest BCUT2D eigenvalue weighted by Crippen LogP contribution is -2.07. The van der Waals surface area contributed by atoms with E-state index in [9.17, 15) is 9.90 Å². The zero-order valence-electron chi connectivity index (χ0n) is 19.2. The van der Waals surface area contributed by atoms with Crippen LogP contribution in [0, 0.1) is 17.9 Å². The summed E-state index contributed by atoms with van der Waals surface area (Å²) in [6.07, 6.45) is 17.0. The molecule has 0 aromatic heterocycles. The quantitative estimate of drug-likeness (QED) is 0.0485. The second-order valence-electron chi connectivity index (χ2n) is 7.37. The first-order valence-electron chi connectivity index (χ1n) is 11.5. The van der Waals surface area contributed by atoms with Crippen molar-refractivity contribution in [2.45, 2.75) is 90.9 Å². The van der Waals surface area contributed by atoms with Crippen LogP contribution in [0.25, 0.3) is 4.85 Å².